The molecule has 4 nitrogen and oxygen atoms in total. The minimum absolute atomic E-state index is 0.0539. The first kappa shape index (κ1) is 16.1. The molecule has 0 saturated carbocycles. The van der Waals surface area contributed by atoms with Crippen molar-refractivity contribution in [3.8, 4) is 0 Å². The molecule has 2 aromatic rings. The van der Waals surface area contributed by atoms with Crippen molar-refractivity contribution in [2.75, 3.05) is 5.73 Å². The van der Waals surface area contributed by atoms with Crippen LogP contribution >= 0.6 is 23.2 Å². The maximum atomic E-state index is 12.3. The fraction of sp³-hybridized carbons (Fsp3) is 0.143. The van der Waals surface area contributed by atoms with Gasteiger partial charge in [-0.1, -0.05) is 41.4 Å². The molecular formula is C14H14Cl2N2O2S. The molecule has 112 valence electrons. The van der Waals surface area contributed by atoms with Crippen molar-refractivity contribution in [1.82, 2.24) is 4.72 Å². The van der Waals surface area contributed by atoms with E-state index in [1.54, 1.807) is 31.2 Å². The van der Waals surface area contributed by atoms with Gasteiger partial charge < -0.3 is 5.73 Å². The van der Waals surface area contributed by atoms with Gasteiger partial charge in [-0.15, -0.1) is 0 Å². The summed E-state index contributed by atoms with van der Waals surface area (Å²) in [4.78, 5) is 0.0539. The Morgan fingerprint density at radius 3 is 2.38 bits per heavy atom. The maximum absolute atomic E-state index is 12.3. The van der Waals surface area contributed by atoms with Crippen LogP contribution in [0, 0.1) is 0 Å². The maximum Gasteiger partial charge on any atom is 0.241 e. The second-order valence-corrected chi connectivity index (χ2v) is 7.08. The van der Waals surface area contributed by atoms with Gasteiger partial charge in [0.25, 0.3) is 0 Å². The molecule has 2 aromatic carbocycles. The van der Waals surface area contributed by atoms with Crippen molar-refractivity contribution in [2.24, 2.45) is 0 Å². The Hall–Kier alpha value is -1.27. The highest BCUT2D eigenvalue weighted by Gasteiger charge is 2.20. The molecule has 0 saturated heterocycles. The number of nitrogens with two attached hydrogens (primary N) is 1. The van der Waals surface area contributed by atoms with Gasteiger partial charge in [-0.3, -0.25) is 0 Å². The Morgan fingerprint density at radius 2 is 1.76 bits per heavy atom. The summed E-state index contributed by atoms with van der Waals surface area (Å²) in [6.07, 6.45) is 0. The molecule has 3 N–H and O–H groups in total. The first-order valence-electron chi connectivity index (χ1n) is 6.13. The largest absolute Gasteiger partial charge is 0.398 e. The normalized spacial score (nSPS) is 13.1. The van der Waals surface area contributed by atoms with Crippen LogP contribution in [0.3, 0.4) is 0 Å². The molecule has 0 radical (unpaired) electrons. The highest BCUT2D eigenvalue weighted by atomic mass is 35.5. The lowest BCUT2D eigenvalue weighted by Gasteiger charge is -2.16. The molecule has 21 heavy (non-hydrogen) atoms. The van der Waals surface area contributed by atoms with E-state index < -0.39 is 16.1 Å². The fourth-order valence-electron chi connectivity index (χ4n) is 1.91. The zero-order chi connectivity index (χ0) is 15.6. The van der Waals surface area contributed by atoms with Crippen LogP contribution in [-0.2, 0) is 10.0 Å². The third kappa shape index (κ3) is 3.68. The quantitative estimate of drug-likeness (QED) is 0.832. The van der Waals surface area contributed by atoms with Gasteiger partial charge in [0.1, 0.15) is 0 Å². The number of nitrogens with one attached hydrogen (secondary N) is 1. The molecule has 0 aliphatic heterocycles. The number of sulfonamides is 1. The highest BCUT2D eigenvalue weighted by molar-refractivity contribution is 7.89. The van der Waals surface area contributed by atoms with Gasteiger partial charge in [0.2, 0.25) is 10.0 Å². The number of benzene rings is 2. The molecule has 0 fully saturated rings. The Kier molecular flexibility index (Phi) is 4.78. The number of halogens is 2. The van der Waals surface area contributed by atoms with E-state index >= 15 is 0 Å². The average Bonchev–Trinajstić information content (AvgIpc) is 2.41. The molecule has 0 heterocycles. The van der Waals surface area contributed by atoms with Gasteiger partial charge in [-0.25, -0.2) is 13.1 Å². The number of hydrogen-bond donors (Lipinski definition) is 2. The molecular weight excluding hydrogens is 331 g/mol. The highest BCUT2D eigenvalue weighted by Crippen LogP contribution is 2.26. The number of anilines is 1. The molecule has 0 aliphatic carbocycles. The molecule has 0 bridgehead atoms. The van der Waals surface area contributed by atoms with Crippen molar-refractivity contribution < 1.29 is 8.42 Å². The lowest BCUT2D eigenvalue weighted by Crippen LogP contribution is -2.27. The van der Waals surface area contributed by atoms with E-state index in [0.29, 0.717) is 16.3 Å². The van der Waals surface area contributed by atoms with Crippen molar-refractivity contribution in [2.45, 2.75) is 17.9 Å². The summed E-state index contributed by atoms with van der Waals surface area (Å²) in [5.41, 5.74) is 7.09. The summed E-state index contributed by atoms with van der Waals surface area (Å²) in [7, 11) is -3.71. The van der Waals surface area contributed by atoms with E-state index in [9.17, 15) is 8.42 Å². The van der Waals surface area contributed by atoms with E-state index in [-0.39, 0.29) is 9.92 Å². The second-order valence-electron chi connectivity index (χ2n) is 4.55. The second kappa shape index (κ2) is 6.23. The van der Waals surface area contributed by atoms with E-state index in [4.69, 9.17) is 28.9 Å². The summed E-state index contributed by atoms with van der Waals surface area (Å²) < 4.78 is 27.2. The number of hydrogen-bond acceptors (Lipinski definition) is 3. The van der Waals surface area contributed by atoms with Gasteiger partial charge in [0.05, 0.1) is 14.9 Å². The zero-order valence-electron chi connectivity index (χ0n) is 11.2. The molecule has 2 rings (SSSR count). The Balaban J connectivity index is 2.29. The van der Waals surface area contributed by atoms with E-state index in [2.05, 4.69) is 4.72 Å². The minimum Gasteiger partial charge on any atom is -0.398 e. The monoisotopic (exact) mass is 344 g/mol. The molecule has 0 aliphatic rings. The number of nitrogen functional groups attached to an aromatic ring is 1. The summed E-state index contributed by atoms with van der Waals surface area (Å²) >= 11 is 11.6. The predicted molar refractivity (Wildman–Crippen MR) is 86.1 cm³/mol. The van der Waals surface area contributed by atoms with Gasteiger partial charge >= 0.3 is 0 Å². The first-order chi connectivity index (χ1) is 9.81. The summed E-state index contributed by atoms with van der Waals surface area (Å²) in [6, 6.07) is 10.8. The topological polar surface area (TPSA) is 72.2 Å². The first-order valence-corrected chi connectivity index (χ1v) is 8.37. The third-order valence-electron chi connectivity index (χ3n) is 3.00. The van der Waals surface area contributed by atoms with E-state index in [1.807, 2.05) is 0 Å². The van der Waals surface area contributed by atoms with Crippen LogP contribution in [0.15, 0.2) is 47.4 Å². The van der Waals surface area contributed by atoms with Crippen LogP contribution in [0.2, 0.25) is 10.0 Å². The van der Waals surface area contributed by atoms with E-state index in [0.717, 1.165) is 0 Å². The van der Waals surface area contributed by atoms with Crippen molar-refractivity contribution in [1.29, 1.82) is 0 Å². The number of para-hydroxylation sites is 1. The molecule has 1 unspecified atom stereocenters. The Bertz CT molecular complexity index is 763. The molecule has 0 amide bonds. The lowest BCUT2D eigenvalue weighted by molar-refractivity contribution is 0.567. The zero-order valence-corrected chi connectivity index (χ0v) is 13.5. The van der Waals surface area contributed by atoms with Crippen LogP contribution in [-0.4, -0.2) is 8.42 Å². The third-order valence-corrected chi connectivity index (χ3v) is 5.27. The van der Waals surface area contributed by atoms with Crippen molar-refractivity contribution >= 4 is 38.9 Å². The molecule has 7 heteroatoms. The van der Waals surface area contributed by atoms with Crippen LogP contribution in [0.25, 0.3) is 0 Å². The van der Waals surface area contributed by atoms with Crippen molar-refractivity contribution in [3.05, 3.63) is 58.1 Å². The Labute approximate surface area is 133 Å². The molecule has 0 aromatic heterocycles. The van der Waals surface area contributed by atoms with Crippen molar-refractivity contribution in [3.63, 3.8) is 0 Å². The minimum atomic E-state index is -3.71. The molecule has 0 spiro atoms. The fourth-order valence-corrected chi connectivity index (χ4v) is 3.52. The Morgan fingerprint density at radius 1 is 1.10 bits per heavy atom. The summed E-state index contributed by atoms with van der Waals surface area (Å²) in [6.45, 7) is 1.72. The summed E-state index contributed by atoms with van der Waals surface area (Å²) in [5.74, 6) is 0. The van der Waals surface area contributed by atoms with Crippen LogP contribution in [0.5, 0.6) is 0 Å². The van der Waals surface area contributed by atoms with Crippen LogP contribution in [0.1, 0.15) is 18.5 Å². The van der Waals surface area contributed by atoms with Crippen LogP contribution in [0.4, 0.5) is 5.69 Å². The smallest absolute Gasteiger partial charge is 0.241 e. The van der Waals surface area contributed by atoms with Crippen LogP contribution < -0.4 is 10.5 Å². The van der Waals surface area contributed by atoms with Gasteiger partial charge in [0, 0.05) is 11.7 Å². The molecule has 1 atom stereocenters. The summed E-state index contributed by atoms with van der Waals surface area (Å²) in [5, 5.41) is 0.488. The predicted octanol–water partition coefficient (Wildman–Crippen LogP) is 3.62. The number of rotatable bonds is 4. The lowest BCUT2D eigenvalue weighted by atomic mass is 10.1. The SMILES string of the molecule is CC(NS(=O)(=O)c1ccc(Cl)c(Cl)c1)c1ccccc1N. The van der Waals surface area contributed by atoms with E-state index in [1.165, 1.54) is 18.2 Å². The van der Waals surface area contributed by atoms with Gasteiger partial charge in [-0.05, 0) is 36.8 Å². The standard InChI is InChI=1S/C14H14Cl2N2O2S/c1-9(11-4-2-3-5-14(11)17)18-21(19,20)10-6-7-12(15)13(16)8-10/h2-9,18H,17H2,1H3. The average molecular weight is 345 g/mol. The van der Waals surface area contributed by atoms with Gasteiger partial charge in [0.15, 0.2) is 0 Å². The van der Waals surface area contributed by atoms with Gasteiger partial charge in [-0.2, -0.15) is 0 Å².